The van der Waals surface area contributed by atoms with Crippen molar-refractivity contribution in [3.8, 4) is 0 Å². The van der Waals surface area contributed by atoms with E-state index in [0.29, 0.717) is 6.54 Å². The van der Waals surface area contributed by atoms with Gasteiger partial charge in [0.15, 0.2) is 0 Å². The smallest absolute Gasteiger partial charge is 0.323 e. The number of hydrogen-bond acceptors (Lipinski definition) is 5. The first-order chi connectivity index (χ1) is 8.10. The van der Waals surface area contributed by atoms with Crippen molar-refractivity contribution < 1.29 is 9.53 Å². The van der Waals surface area contributed by atoms with Gasteiger partial charge in [0.2, 0.25) is 0 Å². The van der Waals surface area contributed by atoms with Crippen LogP contribution in [0.15, 0.2) is 5.51 Å². The molecule has 1 rings (SSSR count). The fourth-order valence-corrected chi connectivity index (χ4v) is 2.31. The number of aryl methyl sites for hydroxylation is 1. The maximum absolute atomic E-state index is 11.7. The molecule has 1 aromatic rings. The zero-order chi connectivity index (χ0) is 12.8. The number of aromatic nitrogens is 1. The number of rotatable bonds is 6. The molecule has 0 aromatic carbocycles. The number of nitrogens with one attached hydrogen (secondary N) is 1. The van der Waals surface area contributed by atoms with E-state index < -0.39 is 0 Å². The standard InChI is InChI=1S/C12H20N2O2S/c1-5-8(2)11(12(15)16-4)13-6-10-9(3)14-7-17-10/h7-8,11,13H,5-6H2,1-4H3. The first-order valence-corrected chi connectivity index (χ1v) is 6.68. The van der Waals surface area contributed by atoms with Crippen molar-refractivity contribution in [1.29, 1.82) is 0 Å². The number of hydrogen-bond donors (Lipinski definition) is 1. The van der Waals surface area contributed by atoms with Crippen molar-refractivity contribution in [1.82, 2.24) is 10.3 Å². The largest absolute Gasteiger partial charge is 0.468 e. The summed E-state index contributed by atoms with van der Waals surface area (Å²) in [6.45, 7) is 6.76. The monoisotopic (exact) mass is 256 g/mol. The zero-order valence-corrected chi connectivity index (χ0v) is 11.6. The molecule has 0 saturated carbocycles. The van der Waals surface area contributed by atoms with Crippen LogP contribution < -0.4 is 5.32 Å². The molecule has 0 aliphatic carbocycles. The van der Waals surface area contributed by atoms with E-state index in [1.54, 1.807) is 11.3 Å². The minimum atomic E-state index is -0.244. The summed E-state index contributed by atoms with van der Waals surface area (Å²) in [6.07, 6.45) is 0.939. The lowest BCUT2D eigenvalue weighted by atomic mass is 9.99. The molecule has 5 heteroatoms. The Bertz CT molecular complexity index is 365. The highest BCUT2D eigenvalue weighted by Gasteiger charge is 2.24. The number of ether oxygens (including phenoxy) is 1. The fourth-order valence-electron chi connectivity index (χ4n) is 1.58. The van der Waals surface area contributed by atoms with Crippen LogP contribution in [0.4, 0.5) is 0 Å². The predicted octanol–water partition coefficient (Wildman–Crippen LogP) is 2.13. The predicted molar refractivity (Wildman–Crippen MR) is 68.9 cm³/mol. The topological polar surface area (TPSA) is 51.2 Å². The minimum absolute atomic E-state index is 0.193. The lowest BCUT2D eigenvalue weighted by Gasteiger charge is -2.21. The molecule has 0 radical (unpaired) electrons. The molecule has 0 spiro atoms. The van der Waals surface area contributed by atoms with Gasteiger partial charge in [-0.15, -0.1) is 11.3 Å². The summed E-state index contributed by atoms with van der Waals surface area (Å²) in [5.74, 6) is 0.0668. The average Bonchev–Trinajstić information content (AvgIpc) is 2.74. The molecule has 17 heavy (non-hydrogen) atoms. The number of nitrogens with zero attached hydrogens (tertiary/aromatic N) is 1. The summed E-state index contributed by atoms with van der Waals surface area (Å²) in [6, 6.07) is -0.244. The van der Waals surface area contributed by atoms with Gasteiger partial charge in [-0.1, -0.05) is 20.3 Å². The van der Waals surface area contributed by atoms with Crippen LogP contribution in [0.1, 0.15) is 30.8 Å². The maximum Gasteiger partial charge on any atom is 0.323 e. The van der Waals surface area contributed by atoms with Crippen molar-refractivity contribution in [2.24, 2.45) is 5.92 Å². The molecule has 1 heterocycles. The quantitative estimate of drug-likeness (QED) is 0.792. The molecular weight excluding hydrogens is 236 g/mol. The highest BCUT2D eigenvalue weighted by molar-refractivity contribution is 7.09. The summed E-state index contributed by atoms with van der Waals surface area (Å²) >= 11 is 1.60. The third-order valence-corrected chi connectivity index (χ3v) is 3.93. The van der Waals surface area contributed by atoms with Crippen LogP contribution in [0.25, 0.3) is 0 Å². The van der Waals surface area contributed by atoms with Crippen LogP contribution >= 0.6 is 11.3 Å². The third kappa shape index (κ3) is 3.78. The minimum Gasteiger partial charge on any atom is -0.468 e. The second-order valence-electron chi connectivity index (χ2n) is 4.13. The Morgan fingerprint density at radius 3 is 2.82 bits per heavy atom. The van der Waals surface area contributed by atoms with Gasteiger partial charge in [-0.25, -0.2) is 4.98 Å². The number of carbonyl (C=O) groups excluding carboxylic acids is 1. The van der Waals surface area contributed by atoms with Gasteiger partial charge in [-0.3, -0.25) is 10.1 Å². The molecule has 0 bridgehead atoms. The fraction of sp³-hybridized carbons (Fsp3) is 0.667. The van der Waals surface area contributed by atoms with Crippen molar-refractivity contribution in [2.75, 3.05) is 7.11 Å². The maximum atomic E-state index is 11.7. The first-order valence-electron chi connectivity index (χ1n) is 5.80. The molecule has 96 valence electrons. The molecule has 0 saturated heterocycles. The average molecular weight is 256 g/mol. The van der Waals surface area contributed by atoms with E-state index in [4.69, 9.17) is 4.74 Å². The van der Waals surface area contributed by atoms with Gasteiger partial charge in [0.05, 0.1) is 18.3 Å². The van der Waals surface area contributed by atoms with Crippen molar-refractivity contribution in [3.05, 3.63) is 16.1 Å². The van der Waals surface area contributed by atoms with Gasteiger partial charge in [0.1, 0.15) is 6.04 Å². The summed E-state index contributed by atoms with van der Waals surface area (Å²) in [4.78, 5) is 17.0. The Morgan fingerprint density at radius 2 is 2.35 bits per heavy atom. The van der Waals surface area contributed by atoms with Crippen LogP contribution in [-0.2, 0) is 16.1 Å². The van der Waals surface area contributed by atoms with E-state index in [-0.39, 0.29) is 17.9 Å². The van der Waals surface area contributed by atoms with Gasteiger partial charge in [0, 0.05) is 11.4 Å². The second kappa shape index (κ2) is 6.71. The highest BCUT2D eigenvalue weighted by Crippen LogP contribution is 2.14. The van der Waals surface area contributed by atoms with Gasteiger partial charge in [-0.05, 0) is 12.8 Å². The van der Waals surface area contributed by atoms with Crippen molar-refractivity contribution in [2.45, 2.75) is 39.8 Å². The Balaban J connectivity index is 2.61. The lowest BCUT2D eigenvalue weighted by Crippen LogP contribution is -2.42. The summed E-state index contributed by atoms with van der Waals surface area (Å²) < 4.78 is 4.82. The van der Waals surface area contributed by atoms with E-state index in [1.165, 1.54) is 12.0 Å². The van der Waals surface area contributed by atoms with Gasteiger partial charge < -0.3 is 4.74 Å². The molecule has 0 fully saturated rings. The molecule has 2 atom stereocenters. The van der Waals surface area contributed by atoms with E-state index in [1.807, 2.05) is 19.4 Å². The van der Waals surface area contributed by atoms with E-state index in [9.17, 15) is 4.79 Å². The Morgan fingerprint density at radius 1 is 1.65 bits per heavy atom. The Labute approximate surface area is 106 Å². The molecule has 0 aliphatic heterocycles. The summed E-state index contributed by atoms with van der Waals surface area (Å²) in [7, 11) is 1.43. The Kier molecular flexibility index (Phi) is 5.58. The zero-order valence-electron chi connectivity index (χ0n) is 10.8. The van der Waals surface area contributed by atoms with Gasteiger partial charge >= 0.3 is 5.97 Å². The van der Waals surface area contributed by atoms with Gasteiger partial charge in [0.25, 0.3) is 0 Å². The highest BCUT2D eigenvalue weighted by atomic mass is 32.1. The molecule has 1 aromatic heterocycles. The molecule has 4 nitrogen and oxygen atoms in total. The van der Waals surface area contributed by atoms with Crippen LogP contribution in [0.5, 0.6) is 0 Å². The number of methoxy groups -OCH3 is 1. The SMILES string of the molecule is CCC(C)C(NCc1scnc1C)C(=O)OC. The van der Waals surface area contributed by atoms with Crippen LogP contribution in [0.2, 0.25) is 0 Å². The number of thiazole rings is 1. The molecule has 0 aliphatic rings. The molecule has 2 unspecified atom stereocenters. The van der Waals surface area contributed by atoms with Gasteiger partial charge in [-0.2, -0.15) is 0 Å². The number of esters is 1. The van der Waals surface area contributed by atoms with Crippen LogP contribution in [0, 0.1) is 12.8 Å². The molecule has 1 N–H and O–H groups in total. The summed E-state index contributed by atoms with van der Waals surface area (Å²) in [5.41, 5.74) is 2.85. The number of carbonyl (C=O) groups is 1. The first kappa shape index (κ1) is 14.1. The molecule has 0 amide bonds. The van der Waals surface area contributed by atoms with E-state index >= 15 is 0 Å². The second-order valence-corrected chi connectivity index (χ2v) is 5.07. The normalized spacial score (nSPS) is 14.4. The van der Waals surface area contributed by atoms with Crippen molar-refractivity contribution >= 4 is 17.3 Å². The van der Waals surface area contributed by atoms with Crippen LogP contribution in [0.3, 0.4) is 0 Å². The van der Waals surface area contributed by atoms with E-state index in [2.05, 4.69) is 17.2 Å². The third-order valence-electron chi connectivity index (χ3n) is 3.00. The van der Waals surface area contributed by atoms with Crippen molar-refractivity contribution in [3.63, 3.8) is 0 Å². The lowest BCUT2D eigenvalue weighted by molar-refractivity contribution is -0.144. The molecular formula is C12H20N2O2S. The Hall–Kier alpha value is -0.940. The van der Waals surface area contributed by atoms with E-state index in [0.717, 1.165) is 12.1 Å². The van der Waals surface area contributed by atoms with Crippen LogP contribution in [-0.4, -0.2) is 24.1 Å². The summed E-state index contributed by atoms with van der Waals surface area (Å²) in [5, 5.41) is 3.26.